The lowest BCUT2D eigenvalue weighted by molar-refractivity contribution is 0.102. The number of hydrogen-bond donors (Lipinski definition) is 2. The van der Waals surface area contributed by atoms with Crippen LogP contribution >= 0.6 is 34.5 Å². The zero-order valence-electron chi connectivity index (χ0n) is 9.33. The van der Waals surface area contributed by atoms with Gasteiger partial charge in [0.25, 0.3) is 5.91 Å². The quantitative estimate of drug-likeness (QED) is 0.890. The van der Waals surface area contributed by atoms with Crippen molar-refractivity contribution in [2.24, 2.45) is 0 Å². The first-order valence-electron chi connectivity index (χ1n) is 4.96. The van der Waals surface area contributed by atoms with Gasteiger partial charge in [0.1, 0.15) is 5.69 Å². The molecule has 1 amide bonds. The Labute approximate surface area is 118 Å². The summed E-state index contributed by atoms with van der Waals surface area (Å²) in [5, 5.41) is 5.33. The summed E-state index contributed by atoms with van der Waals surface area (Å²) in [5.41, 5.74) is 6.92. The van der Waals surface area contributed by atoms with E-state index in [4.69, 9.17) is 28.9 Å². The van der Waals surface area contributed by atoms with Crippen LogP contribution in [0.15, 0.2) is 17.5 Å². The van der Waals surface area contributed by atoms with Crippen molar-refractivity contribution in [2.75, 3.05) is 11.1 Å². The van der Waals surface area contributed by atoms with Gasteiger partial charge in [-0.15, -0.1) is 11.3 Å². The lowest BCUT2D eigenvalue weighted by Crippen LogP contribution is -2.13. The maximum atomic E-state index is 11.9. The second kappa shape index (κ2) is 5.14. The van der Waals surface area contributed by atoms with E-state index in [0.29, 0.717) is 20.9 Å². The predicted molar refractivity (Wildman–Crippen MR) is 75.7 cm³/mol. The van der Waals surface area contributed by atoms with Crippen molar-refractivity contribution in [3.8, 4) is 0 Å². The molecule has 0 aliphatic heterocycles. The molecule has 0 atom stereocenters. The van der Waals surface area contributed by atoms with Crippen molar-refractivity contribution in [1.82, 2.24) is 4.98 Å². The molecule has 0 spiro atoms. The van der Waals surface area contributed by atoms with Gasteiger partial charge in [0.05, 0.1) is 15.7 Å². The third-order valence-electron chi connectivity index (χ3n) is 2.28. The Hall–Kier alpha value is -1.30. The number of nitrogen functional groups attached to an aromatic ring is 1. The first-order valence-corrected chi connectivity index (χ1v) is 6.59. The van der Waals surface area contributed by atoms with E-state index in [1.807, 2.05) is 6.92 Å². The molecule has 0 radical (unpaired) electrons. The highest BCUT2D eigenvalue weighted by atomic mass is 35.5. The fourth-order valence-corrected chi connectivity index (χ4v) is 2.35. The van der Waals surface area contributed by atoms with E-state index in [2.05, 4.69) is 10.3 Å². The van der Waals surface area contributed by atoms with E-state index in [9.17, 15) is 4.79 Å². The molecule has 0 bridgehead atoms. The van der Waals surface area contributed by atoms with Crippen LogP contribution in [-0.2, 0) is 0 Å². The fourth-order valence-electron chi connectivity index (χ4n) is 1.34. The number of nitrogens with zero attached hydrogens (tertiary/aromatic N) is 1. The Morgan fingerprint density at radius 3 is 2.78 bits per heavy atom. The molecule has 1 aromatic carbocycles. The van der Waals surface area contributed by atoms with Gasteiger partial charge >= 0.3 is 0 Å². The van der Waals surface area contributed by atoms with Crippen molar-refractivity contribution < 1.29 is 4.79 Å². The molecule has 1 heterocycles. The smallest absolute Gasteiger partial charge is 0.275 e. The van der Waals surface area contributed by atoms with Gasteiger partial charge in [0.2, 0.25) is 0 Å². The lowest BCUT2D eigenvalue weighted by Gasteiger charge is -2.09. The van der Waals surface area contributed by atoms with Gasteiger partial charge in [-0.2, -0.15) is 0 Å². The summed E-state index contributed by atoms with van der Waals surface area (Å²) in [4.78, 5) is 15.8. The topological polar surface area (TPSA) is 68.0 Å². The van der Waals surface area contributed by atoms with Gasteiger partial charge in [-0.05, 0) is 18.6 Å². The molecule has 0 aliphatic rings. The predicted octanol–water partition coefficient (Wildman–Crippen LogP) is 3.59. The molecule has 3 N–H and O–H groups in total. The summed E-state index contributed by atoms with van der Waals surface area (Å²) in [6, 6.07) is 3.45. The third-order valence-corrected chi connectivity index (χ3v) is 3.75. The largest absolute Gasteiger partial charge is 0.375 e. The summed E-state index contributed by atoms with van der Waals surface area (Å²) < 4.78 is 0. The minimum Gasteiger partial charge on any atom is -0.375 e. The summed E-state index contributed by atoms with van der Waals surface area (Å²) in [6.07, 6.45) is 0. The van der Waals surface area contributed by atoms with E-state index in [0.717, 1.165) is 5.56 Å². The summed E-state index contributed by atoms with van der Waals surface area (Å²) in [7, 11) is 0. The molecule has 7 heteroatoms. The fraction of sp³-hybridized carbons (Fsp3) is 0.0909. The zero-order valence-corrected chi connectivity index (χ0v) is 11.7. The molecule has 0 saturated carbocycles. The molecule has 4 nitrogen and oxygen atoms in total. The van der Waals surface area contributed by atoms with Crippen molar-refractivity contribution in [1.29, 1.82) is 0 Å². The van der Waals surface area contributed by atoms with E-state index >= 15 is 0 Å². The second-order valence-corrected chi connectivity index (χ2v) is 5.25. The summed E-state index contributed by atoms with van der Waals surface area (Å²) in [6.45, 7) is 1.83. The number of aromatic nitrogens is 1. The minimum atomic E-state index is -0.391. The molecule has 94 valence electrons. The lowest BCUT2D eigenvalue weighted by atomic mass is 10.2. The number of anilines is 2. The molecule has 1 aromatic heterocycles. The molecule has 0 saturated heterocycles. The van der Waals surface area contributed by atoms with Gasteiger partial charge in [-0.25, -0.2) is 4.98 Å². The van der Waals surface area contributed by atoms with E-state index in [1.165, 1.54) is 11.3 Å². The van der Waals surface area contributed by atoms with Crippen molar-refractivity contribution >= 4 is 51.3 Å². The number of nitrogens with one attached hydrogen (secondary N) is 1. The molecule has 0 unspecified atom stereocenters. The SMILES string of the molecule is Cc1ccc(Cl)c(NC(=O)c2csc(N)n2)c1Cl. The van der Waals surface area contributed by atoms with Crippen LogP contribution in [0.5, 0.6) is 0 Å². The number of rotatable bonds is 2. The highest BCUT2D eigenvalue weighted by Crippen LogP contribution is 2.33. The number of halogens is 2. The zero-order chi connectivity index (χ0) is 13.3. The molecule has 2 aromatic rings. The molecule has 0 aliphatic carbocycles. The molecule has 18 heavy (non-hydrogen) atoms. The first-order chi connectivity index (χ1) is 8.49. The number of nitrogens with two attached hydrogens (primary N) is 1. The van der Waals surface area contributed by atoms with Crippen LogP contribution in [0.25, 0.3) is 0 Å². The first kappa shape index (κ1) is 13.1. The Bertz CT molecular complexity index is 612. The van der Waals surface area contributed by atoms with Gasteiger partial charge in [0.15, 0.2) is 5.13 Å². The maximum absolute atomic E-state index is 11.9. The summed E-state index contributed by atoms with van der Waals surface area (Å²) in [5.74, 6) is -0.391. The van der Waals surface area contributed by atoms with Crippen LogP contribution in [-0.4, -0.2) is 10.9 Å². The van der Waals surface area contributed by atoms with E-state index in [-0.39, 0.29) is 5.69 Å². The van der Waals surface area contributed by atoms with E-state index < -0.39 is 5.91 Å². The van der Waals surface area contributed by atoms with Gasteiger partial charge in [-0.3, -0.25) is 4.79 Å². The standard InChI is InChI=1S/C11H9Cl2N3OS/c1-5-2-3-6(12)9(8(5)13)16-10(17)7-4-18-11(14)15-7/h2-4H,1H3,(H2,14,15)(H,16,17). The molecular formula is C11H9Cl2N3OS. The van der Waals surface area contributed by atoms with Gasteiger partial charge in [0, 0.05) is 5.38 Å². The number of benzene rings is 1. The maximum Gasteiger partial charge on any atom is 0.275 e. The molecule has 0 fully saturated rings. The Balaban J connectivity index is 2.30. The number of hydrogen-bond acceptors (Lipinski definition) is 4. The normalized spacial score (nSPS) is 10.4. The van der Waals surface area contributed by atoms with Crippen LogP contribution < -0.4 is 11.1 Å². The van der Waals surface area contributed by atoms with Crippen LogP contribution in [0.2, 0.25) is 10.0 Å². The van der Waals surface area contributed by atoms with Gasteiger partial charge < -0.3 is 11.1 Å². The monoisotopic (exact) mass is 301 g/mol. The number of carbonyl (C=O) groups is 1. The second-order valence-electron chi connectivity index (χ2n) is 3.58. The molecular weight excluding hydrogens is 293 g/mol. The molecule has 2 rings (SSSR count). The highest BCUT2D eigenvalue weighted by Gasteiger charge is 2.15. The van der Waals surface area contributed by atoms with Crippen molar-refractivity contribution in [3.05, 3.63) is 38.8 Å². The van der Waals surface area contributed by atoms with Gasteiger partial charge in [-0.1, -0.05) is 29.3 Å². The number of aryl methyl sites for hydroxylation is 1. The number of amides is 1. The van der Waals surface area contributed by atoms with Crippen LogP contribution in [0.1, 0.15) is 16.1 Å². The Kier molecular flexibility index (Phi) is 3.75. The van der Waals surface area contributed by atoms with E-state index in [1.54, 1.807) is 17.5 Å². The average Bonchev–Trinajstić information content (AvgIpc) is 2.76. The van der Waals surface area contributed by atoms with Crippen LogP contribution in [0, 0.1) is 6.92 Å². The highest BCUT2D eigenvalue weighted by molar-refractivity contribution is 7.13. The number of thiazole rings is 1. The Morgan fingerprint density at radius 2 is 2.17 bits per heavy atom. The summed E-state index contributed by atoms with van der Waals surface area (Å²) >= 11 is 13.3. The minimum absolute atomic E-state index is 0.242. The van der Waals surface area contributed by atoms with Crippen LogP contribution in [0.3, 0.4) is 0 Å². The van der Waals surface area contributed by atoms with Crippen molar-refractivity contribution in [2.45, 2.75) is 6.92 Å². The number of carbonyl (C=O) groups excluding carboxylic acids is 1. The van der Waals surface area contributed by atoms with Crippen LogP contribution in [0.4, 0.5) is 10.8 Å². The third kappa shape index (κ3) is 2.58. The Morgan fingerprint density at radius 1 is 1.44 bits per heavy atom. The average molecular weight is 302 g/mol. The van der Waals surface area contributed by atoms with Crippen molar-refractivity contribution in [3.63, 3.8) is 0 Å².